The molecule has 17 rings (SSSR count). The summed E-state index contributed by atoms with van der Waals surface area (Å²) in [5.41, 5.74) is 35.8. The van der Waals surface area contributed by atoms with Crippen molar-refractivity contribution >= 4 is 101 Å². The molecule has 0 saturated heterocycles. The average Bonchev–Trinajstić information content (AvgIpc) is 1.18. The molecule has 554 valence electrons. The Labute approximate surface area is 660 Å². The van der Waals surface area contributed by atoms with E-state index in [1.165, 1.54) is 155 Å². The number of unbranched alkanes of at least 4 members (excludes halogenated alkanes) is 1. The molecular weight excluding hydrogens is 1340 g/mol. The molecule has 5 heteroatoms. The Bertz CT molecular complexity index is 5530. The van der Waals surface area contributed by atoms with Crippen LogP contribution in [0.1, 0.15) is 183 Å². The van der Waals surface area contributed by atoms with Crippen molar-refractivity contribution in [2.24, 2.45) is 0 Å². The van der Waals surface area contributed by atoms with Gasteiger partial charge in [0.1, 0.15) is 0 Å². The number of hydrogen-bond acceptors (Lipinski definition) is 2. The van der Waals surface area contributed by atoms with Crippen molar-refractivity contribution in [3.63, 3.8) is 0 Å². The molecule has 0 bridgehead atoms. The maximum absolute atomic E-state index is 2.77. The van der Waals surface area contributed by atoms with E-state index >= 15 is 0 Å². The highest BCUT2D eigenvalue weighted by molar-refractivity contribution is 7.00. The first-order chi connectivity index (χ1) is 52.8. The van der Waals surface area contributed by atoms with E-state index in [1.807, 2.05) is 0 Å². The van der Waals surface area contributed by atoms with E-state index in [4.69, 9.17) is 0 Å². The van der Waals surface area contributed by atoms with Crippen LogP contribution >= 0.6 is 0 Å². The zero-order valence-electron chi connectivity index (χ0n) is 68.9. The van der Waals surface area contributed by atoms with Crippen molar-refractivity contribution in [2.45, 2.75) is 183 Å². The molecule has 0 N–H and O–H groups in total. The largest absolute Gasteiger partial charge is 0.310 e. The lowest BCUT2D eigenvalue weighted by Gasteiger charge is -2.46. The van der Waals surface area contributed by atoms with E-state index in [1.54, 1.807) is 0 Å². The van der Waals surface area contributed by atoms with Crippen molar-refractivity contribution in [1.82, 2.24) is 9.13 Å². The van der Waals surface area contributed by atoms with Crippen LogP contribution in [0.3, 0.4) is 0 Å². The molecule has 0 unspecified atom stereocenters. The Morgan fingerprint density at radius 3 is 0.811 bits per heavy atom. The van der Waals surface area contributed by atoms with Crippen LogP contribution in [0.4, 0.5) is 34.1 Å². The van der Waals surface area contributed by atoms with Gasteiger partial charge in [0.15, 0.2) is 0 Å². The fourth-order valence-corrected chi connectivity index (χ4v) is 17.7. The maximum Gasteiger partial charge on any atom is 0.252 e. The lowest BCUT2D eigenvalue weighted by Crippen LogP contribution is -2.61. The summed E-state index contributed by atoms with van der Waals surface area (Å²) >= 11 is 0. The van der Waals surface area contributed by atoms with Gasteiger partial charge in [-0.25, -0.2) is 0 Å². The van der Waals surface area contributed by atoms with Gasteiger partial charge in [-0.15, -0.1) is 0 Å². The van der Waals surface area contributed by atoms with Crippen LogP contribution in [0.2, 0.25) is 0 Å². The molecule has 0 saturated carbocycles. The van der Waals surface area contributed by atoms with Crippen LogP contribution in [0.15, 0.2) is 267 Å². The minimum absolute atomic E-state index is 0.0568. The molecule has 0 amide bonds. The first-order valence-corrected chi connectivity index (χ1v) is 40.6. The minimum atomic E-state index is -0.233. The molecule has 111 heavy (non-hydrogen) atoms. The van der Waals surface area contributed by atoms with Crippen LogP contribution < -0.4 is 26.2 Å². The van der Waals surface area contributed by atoms with Crippen molar-refractivity contribution in [1.29, 1.82) is 0 Å². The monoisotopic (exact) mass is 1450 g/mol. The molecule has 0 spiro atoms. The second-order valence-electron chi connectivity index (χ2n) is 38.1. The fraction of sp³-hybridized carbons (Fsp3) is 0.264. The molecule has 4 heterocycles. The third-order valence-corrected chi connectivity index (χ3v) is 24.2. The fourth-order valence-electron chi connectivity index (χ4n) is 17.7. The van der Waals surface area contributed by atoms with Crippen molar-refractivity contribution in [3.05, 3.63) is 306 Å². The Morgan fingerprint density at radius 2 is 0.550 bits per heavy atom. The van der Waals surface area contributed by atoms with E-state index < -0.39 is 0 Å². The molecule has 2 aliphatic heterocycles. The summed E-state index contributed by atoms with van der Waals surface area (Å²) in [7, 11) is 0. The van der Waals surface area contributed by atoms with Gasteiger partial charge < -0.3 is 18.9 Å². The van der Waals surface area contributed by atoms with Gasteiger partial charge in [0.2, 0.25) is 0 Å². The third kappa shape index (κ3) is 12.7. The topological polar surface area (TPSA) is 16.3 Å². The number of anilines is 6. The molecule has 0 fully saturated rings. The summed E-state index contributed by atoms with van der Waals surface area (Å²) in [6.45, 7) is 44.5. The van der Waals surface area contributed by atoms with Crippen LogP contribution in [-0.4, -0.2) is 15.8 Å². The predicted molar refractivity (Wildman–Crippen MR) is 482 cm³/mol. The van der Waals surface area contributed by atoms with E-state index in [-0.39, 0.29) is 39.2 Å². The number of benzene rings is 13. The van der Waals surface area contributed by atoms with E-state index in [2.05, 4.69) is 417 Å². The zero-order valence-corrected chi connectivity index (χ0v) is 68.9. The van der Waals surface area contributed by atoms with Crippen molar-refractivity contribution in [3.8, 4) is 55.9 Å². The van der Waals surface area contributed by atoms with Crippen LogP contribution in [0.5, 0.6) is 0 Å². The van der Waals surface area contributed by atoms with Crippen molar-refractivity contribution in [2.75, 3.05) is 9.80 Å². The minimum Gasteiger partial charge on any atom is -0.310 e. The summed E-state index contributed by atoms with van der Waals surface area (Å²) in [6, 6.07) is 105. The van der Waals surface area contributed by atoms with Crippen LogP contribution in [-0.2, 0) is 38.9 Å². The summed E-state index contributed by atoms with van der Waals surface area (Å²) in [5, 5.41) is 5.09. The van der Waals surface area contributed by atoms with Gasteiger partial charge in [0.05, 0.1) is 33.4 Å². The summed E-state index contributed by atoms with van der Waals surface area (Å²) in [4.78, 5) is 5.55. The van der Waals surface area contributed by atoms with Gasteiger partial charge in [-0.3, -0.25) is 0 Å². The molecule has 15 aromatic rings. The van der Waals surface area contributed by atoms with Gasteiger partial charge in [-0.2, -0.15) is 0 Å². The molecule has 0 aliphatic carbocycles. The van der Waals surface area contributed by atoms with E-state index in [0.717, 1.165) is 53.4 Å². The number of aryl methyl sites for hydroxylation is 1. The maximum atomic E-state index is 2.77. The number of hydrogen-bond donors (Lipinski definition) is 0. The first kappa shape index (κ1) is 73.0. The second-order valence-corrected chi connectivity index (χ2v) is 38.1. The molecule has 0 radical (unpaired) electrons. The first-order valence-electron chi connectivity index (χ1n) is 40.6. The highest BCUT2D eigenvalue weighted by Gasteiger charge is 2.46. The number of rotatable bonds is 11. The number of nitrogens with zero attached hydrogens (tertiary/aromatic N) is 4. The highest BCUT2D eigenvalue weighted by atomic mass is 15.2. The Hall–Kier alpha value is -10.9. The van der Waals surface area contributed by atoms with Gasteiger partial charge in [-0.05, 0) is 232 Å². The normalized spacial score (nSPS) is 13.4. The van der Waals surface area contributed by atoms with Gasteiger partial charge in [0.25, 0.3) is 6.71 Å². The lowest BCUT2D eigenvalue weighted by atomic mass is 9.33. The number of aromatic nitrogens is 2. The molecule has 2 aliphatic rings. The van der Waals surface area contributed by atoms with Gasteiger partial charge in [-0.1, -0.05) is 296 Å². The Kier molecular flexibility index (Phi) is 17.5. The standard InChI is InChI=1S/C106H107BN4/c1-20-21-34-67-55-96-98-97(56-67)111(100-82(70-39-30-24-31-40-70)63-77(106(17,18)19)64-83(100)71-41-32-25-33-42-71)95-66-79(109-92-53-45-74(103(8,9)10)59-86(92)87-60-75(104(11,12)13)46-54-93(87)109)48-50-89(95)107(98)88-49-47-78(108-90-51-43-72(101(2,3)4)57-84(90)85-58-73(102(5,6)7)44-52-91(85)108)65-94(88)110(96)99-80(68-35-26-22-27-36-68)61-76(105(14,15)16)62-81(99)69-37-28-23-29-38-69/h22-33,35-66H,20-21,34H2,1-19H3. The average molecular weight is 1450 g/mol. The smallest absolute Gasteiger partial charge is 0.252 e. The second kappa shape index (κ2) is 26.7. The molecule has 0 atom stereocenters. The van der Waals surface area contributed by atoms with Crippen LogP contribution in [0, 0.1) is 0 Å². The van der Waals surface area contributed by atoms with Gasteiger partial charge >= 0.3 is 0 Å². The molecule has 2 aromatic heterocycles. The predicted octanol–water partition coefficient (Wildman–Crippen LogP) is 27.8. The molecular formula is C106H107BN4. The number of fused-ring (bicyclic) bond motifs is 10. The van der Waals surface area contributed by atoms with Crippen LogP contribution in [0.25, 0.3) is 99.5 Å². The third-order valence-electron chi connectivity index (χ3n) is 24.2. The Balaban J connectivity index is 1.06. The highest BCUT2D eigenvalue weighted by Crippen LogP contribution is 2.56. The van der Waals surface area contributed by atoms with E-state index in [9.17, 15) is 0 Å². The zero-order chi connectivity index (χ0) is 77.8. The lowest BCUT2D eigenvalue weighted by molar-refractivity contribution is 0.590. The summed E-state index contributed by atoms with van der Waals surface area (Å²) < 4.78 is 5.17. The summed E-state index contributed by atoms with van der Waals surface area (Å²) in [5.74, 6) is 0. The van der Waals surface area contributed by atoms with Crippen molar-refractivity contribution < 1.29 is 0 Å². The SMILES string of the molecule is CCCCc1cc2c3c(c1)N(c1c(-c4ccccc4)cc(C(C)(C)C)cc1-c1ccccc1)c1cc(-n4c5ccc(C(C)(C)C)cc5c5cc(C(C)(C)C)ccc54)ccc1B3c1ccc(-n3c4ccc(C(C)(C)C)cc4c4cc(C(C)(C)C)ccc43)cc1N2c1c(-c2ccccc2)cc(C(C)(C)C)cc1-c1ccccc1. The van der Waals surface area contributed by atoms with E-state index in [0.29, 0.717) is 0 Å². The van der Waals surface area contributed by atoms with Gasteiger partial charge in [0, 0.05) is 77.9 Å². The Morgan fingerprint density at radius 1 is 0.270 bits per heavy atom. The molecule has 4 nitrogen and oxygen atoms in total. The quantitative estimate of drug-likeness (QED) is 0.120. The summed E-state index contributed by atoms with van der Waals surface area (Å²) in [6.07, 6.45) is 2.98. The molecule has 13 aromatic carbocycles.